The van der Waals surface area contributed by atoms with Crippen molar-refractivity contribution in [2.75, 3.05) is 0 Å². The highest BCUT2D eigenvalue weighted by atomic mass is 16.6. The van der Waals surface area contributed by atoms with Gasteiger partial charge in [0.25, 0.3) is 5.95 Å². The molecule has 0 N–H and O–H groups in total. The Morgan fingerprint density at radius 2 is 1.30 bits per heavy atom. The van der Waals surface area contributed by atoms with Crippen LogP contribution in [0.5, 0.6) is 11.8 Å². The molecule has 0 radical (unpaired) electrons. The van der Waals surface area contributed by atoms with Crippen molar-refractivity contribution in [3.05, 3.63) is 110 Å². The van der Waals surface area contributed by atoms with Gasteiger partial charge in [0.15, 0.2) is 0 Å². The molecule has 5 rings (SSSR count). The first-order chi connectivity index (χ1) is 14.8. The maximum Gasteiger partial charge on any atom is 0.291 e. The van der Waals surface area contributed by atoms with Crippen molar-refractivity contribution in [2.24, 2.45) is 0 Å². The van der Waals surface area contributed by atoms with Crippen LogP contribution in [0.3, 0.4) is 0 Å². The lowest BCUT2D eigenvalue weighted by molar-refractivity contribution is 0.337. The molecule has 0 saturated carbocycles. The third-order valence-electron chi connectivity index (χ3n) is 4.80. The standard InChI is InChI=1S/C26H18N2O2/c1-2-6-19(7-3-1)20-9-11-21(12-10-20)22-13-15-27-24(16-22)23-17-26(29-18-23)30-25-8-4-5-14-28-25/h1-18H. The van der Waals surface area contributed by atoms with Crippen molar-refractivity contribution >= 4 is 0 Å². The highest BCUT2D eigenvalue weighted by Crippen LogP contribution is 2.31. The Balaban J connectivity index is 1.38. The van der Waals surface area contributed by atoms with Gasteiger partial charge in [-0.05, 0) is 40.5 Å². The molecule has 0 aliphatic carbocycles. The van der Waals surface area contributed by atoms with E-state index in [1.807, 2.05) is 42.6 Å². The van der Waals surface area contributed by atoms with Gasteiger partial charge in [0, 0.05) is 30.1 Å². The zero-order chi connectivity index (χ0) is 20.2. The lowest BCUT2D eigenvalue weighted by Gasteiger charge is -2.06. The minimum Gasteiger partial charge on any atom is -0.433 e. The molecule has 0 saturated heterocycles. The van der Waals surface area contributed by atoms with E-state index in [1.165, 1.54) is 11.1 Å². The molecule has 0 atom stereocenters. The van der Waals surface area contributed by atoms with Gasteiger partial charge >= 0.3 is 0 Å². The molecular weight excluding hydrogens is 372 g/mol. The number of pyridine rings is 2. The number of nitrogens with zero attached hydrogens (tertiary/aromatic N) is 2. The molecule has 4 heteroatoms. The number of furan rings is 1. The molecule has 0 spiro atoms. The summed E-state index contributed by atoms with van der Waals surface area (Å²) in [5, 5.41) is 0. The normalized spacial score (nSPS) is 10.7. The van der Waals surface area contributed by atoms with Crippen LogP contribution in [-0.4, -0.2) is 9.97 Å². The molecule has 2 aromatic carbocycles. The monoisotopic (exact) mass is 390 g/mol. The van der Waals surface area contributed by atoms with Crippen LogP contribution in [0.25, 0.3) is 33.5 Å². The minimum atomic E-state index is 0.378. The van der Waals surface area contributed by atoms with Crippen molar-refractivity contribution in [1.29, 1.82) is 0 Å². The Kier molecular flexibility index (Phi) is 4.80. The molecule has 0 unspecified atom stereocenters. The summed E-state index contributed by atoms with van der Waals surface area (Å²) in [7, 11) is 0. The first-order valence-corrected chi connectivity index (χ1v) is 9.65. The Hall–Kier alpha value is -4.18. The molecule has 0 fully saturated rings. The van der Waals surface area contributed by atoms with Crippen LogP contribution in [0.15, 0.2) is 114 Å². The number of aromatic nitrogens is 2. The highest BCUT2D eigenvalue weighted by molar-refractivity contribution is 5.73. The first kappa shape index (κ1) is 17.9. The predicted octanol–water partition coefficient (Wildman–Crippen LogP) is 6.86. The van der Waals surface area contributed by atoms with Crippen molar-refractivity contribution in [3.8, 4) is 45.3 Å². The highest BCUT2D eigenvalue weighted by Gasteiger charge is 2.09. The third kappa shape index (κ3) is 3.84. The Morgan fingerprint density at radius 1 is 0.567 bits per heavy atom. The molecule has 0 amide bonds. The van der Waals surface area contributed by atoms with E-state index in [4.69, 9.17) is 9.15 Å². The Morgan fingerprint density at radius 3 is 2.07 bits per heavy atom. The fourth-order valence-corrected chi connectivity index (χ4v) is 3.27. The van der Waals surface area contributed by atoms with Crippen molar-refractivity contribution < 1.29 is 9.15 Å². The lowest BCUT2D eigenvalue weighted by Crippen LogP contribution is -1.85. The zero-order valence-electron chi connectivity index (χ0n) is 16.1. The van der Waals surface area contributed by atoms with E-state index in [-0.39, 0.29) is 0 Å². The second-order valence-corrected chi connectivity index (χ2v) is 6.80. The summed E-state index contributed by atoms with van der Waals surface area (Å²) < 4.78 is 11.2. The summed E-state index contributed by atoms with van der Waals surface area (Å²) in [4.78, 5) is 8.63. The second kappa shape index (κ2) is 8.05. The van der Waals surface area contributed by atoms with Gasteiger partial charge in [-0.15, -0.1) is 0 Å². The molecule has 144 valence electrons. The van der Waals surface area contributed by atoms with Crippen molar-refractivity contribution in [1.82, 2.24) is 9.97 Å². The van der Waals surface area contributed by atoms with Crippen LogP contribution < -0.4 is 4.74 Å². The third-order valence-corrected chi connectivity index (χ3v) is 4.80. The summed E-state index contributed by atoms with van der Waals surface area (Å²) in [6.45, 7) is 0. The molecule has 0 bridgehead atoms. The van der Waals surface area contributed by atoms with E-state index in [2.05, 4.69) is 58.5 Å². The number of rotatable bonds is 5. The van der Waals surface area contributed by atoms with Gasteiger partial charge in [-0.2, -0.15) is 0 Å². The average molecular weight is 390 g/mol. The van der Waals surface area contributed by atoms with Gasteiger partial charge in [0.05, 0.1) is 5.69 Å². The van der Waals surface area contributed by atoms with Gasteiger partial charge in [-0.25, -0.2) is 4.98 Å². The number of hydrogen-bond donors (Lipinski definition) is 0. The van der Waals surface area contributed by atoms with Crippen LogP contribution in [-0.2, 0) is 0 Å². The summed E-state index contributed by atoms with van der Waals surface area (Å²) in [5.41, 5.74) is 6.29. The zero-order valence-corrected chi connectivity index (χ0v) is 16.1. The van der Waals surface area contributed by atoms with Gasteiger partial charge in [0.1, 0.15) is 6.26 Å². The summed E-state index contributed by atoms with van der Waals surface area (Å²) >= 11 is 0. The average Bonchev–Trinajstić information content (AvgIpc) is 3.29. The molecule has 3 heterocycles. The maximum absolute atomic E-state index is 5.65. The summed E-state index contributed by atoms with van der Waals surface area (Å²) in [6.07, 6.45) is 5.12. The van der Waals surface area contributed by atoms with E-state index in [1.54, 1.807) is 18.5 Å². The summed E-state index contributed by atoms with van der Waals surface area (Å²) in [5.74, 6) is 0.863. The number of ether oxygens (including phenoxy) is 1. The van der Waals surface area contributed by atoms with E-state index < -0.39 is 0 Å². The fraction of sp³-hybridized carbons (Fsp3) is 0. The molecule has 0 aliphatic heterocycles. The maximum atomic E-state index is 5.65. The lowest BCUT2D eigenvalue weighted by atomic mass is 10.00. The van der Waals surface area contributed by atoms with Gasteiger partial charge in [0.2, 0.25) is 5.88 Å². The van der Waals surface area contributed by atoms with Crippen LogP contribution in [0.1, 0.15) is 0 Å². The second-order valence-electron chi connectivity index (χ2n) is 6.80. The molecule has 5 aromatic rings. The largest absolute Gasteiger partial charge is 0.433 e. The molecule has 3 aromatic heterocycles. The van der Waals surface area contributed by atoms with Crippen LogP contribution in [0.4, 0.5) is 0 Å². The molecule has 30 heavy (non-hydrogen) atoms. The molecule has 0 aliphatic rings. The van der Waals surface area contributed by atoms with Gasteiger partial charge < -0.3 is 9.15 Å². The smallest absolute Gasteiger partial charge is 0.291 e. The first-order valence-electron chi connectivity index (χ1n) is 9.65. The predicted molar refractivity (Wildman–Crippen MR) is 117 cm³/mol. The van der Waals surface area contributed by atoms with Crippen molar-refractivity contribution in [3.63, 3.8) is 0 Å². The molecular formula is C26H18N2O2. The van der Waals surface area contributed by atoms with E-state index in [0.29, 0.717) is 11.8 Å². The van der Waals surface area contributed by atoms with E-state index in [0.717, 1.165) is 22.4 Å². The number of benzene rings is 2. The molecule has 4 nitrogen and oxygen atoms in total. The number of hydrogen-bond acceptors (Lipinski definition) is 4. The fourth-order valence-electron chi connectivity index (χ4n) is 3.27. The van der Waals surface area contributed by atoms with Gasteiger partial charge in [-0.1, -0.05) is 60.7 Å². The summed E-state index contributed by atoms with van der Waals surface area (Å²) in [6, 6.07) is 30.2. The SMILES string of the molecule is c1ccc(-c2ccc(-c3ccnc(-c4coc(Oc5ccccn5)c4)c3)cc2)cc1. The van der Waals surface area contributed by atoms with Crippen molar-refractivity contribution in [2.45, 2.75) is 0 Å². The van der Waals surface area contributed by atoms with Crippen LogP contribution >= 0.6 is 0 Å². The Labute approximate surface area is 174 Å². The topological polar surface area (TPSA) is 48.2 Å². The van der Waals surface area contributed by atoms with Crippen LogP contribution in [0.2, 0.25) is 0 Å². The van der Waals surface area contributed by atoms with Gasteiger partial charge in [-0.3, -0.25) is 4.98 Å². The van der Waals surface area contributed by atoms with E-state index in [9.17, 15) is 0 Å². The van der Waals surface area contributed by atoms with E-state index >= 15 is 0 Å². The van der Waals surface area contributed by atoms with Crippen LogP contribution in [0, 0.1) is 0 Å². The Bertz CT molecular complexity index is 1250. The minimum absolute atomic E-state index is 0.378. The quantitative estimate of drug-likeness (QED) is 0.329.